The molecule has 7 unspecified atom stereocenters. The molecule has 358 valence electrons. The molecular weight excluding hydrogens is 791 g/mol. The molecule has 1 aliphatic heterocycles. The van der Waals surface area contributed by atoms with E-state index < -0.39 is 49.5 Å². The summed E-state index contributed by atoms with van der Waals surface area (Å²) in [5, 5.41) is 54.2. The van der Waals surface area contributed by atoms with Gasteiger partial charge in [-0.1, -0.05) is 175 Å². The van der Waals surface area contributed by atoms with E-state index in [4.69, 9.17) is 9.47 Å². The molecule has 0 aromatic carbocycles. The number of carbonyl (C=O) groups excluding carboxylic acids is 1. The molecule has 63 heavy (non-hydrogen) atoms. The zero-order valence-corrected chi connectivity index (χ0v) is 39.3. The van der Waals surface area contributed by atoms with E-state index in [-0.39, 0.29) is 18.9 Å². The summed E-state index contributed by atoms with van der Waals surface area (Å²) in [6.07, 6.45) is 55.6. The second-order valence-corrected chi connectivity index (χ2v) is 16.5. The highest BCUT2D eigenvalue weighted by atomic mass is 16.7. The number of ether oxygens (including phenoxy) is 2. The van der Waals surface area contributed by atoms with E-state index in [2.05, 4.69) is 116 Å². The van der Waals surface area contributed by atoms with Crippen molar-refractivity contribution in [1.82, 2.24) is 5.32 Å². The van der Waals surface area contributed by atoms with Crippen LogP contribution in [-0.2, 0) is 14.3 Å². The Morgan fingerprint density at radius 2 is 1.00 bits per heavy atom. The predicted octanol–water partition coefficient (Wildman–Crippen LogP) is 11.1. The molecule has 1 heterocycles. The van der Waals surface area contributed by atoms with Crippen molar-refractivity contribution >= 4 is 5.91 Å². The standard InChI is InChI=1S/C54H89NO8/c1-3-5-7-9-11-13-15-17-19-21-23-24-26-28-30-32-34-36-38-40-42-44-50(58)55-47(46-62-54-53(61)52(60)51(59)49(45-56)63-54)48(57)43-41-39-37-35-33-31-29-27-25-22-20-18-16-14-12-10-8-6-4-2/h5,7,11,13,17,19,23-25,27-28,30,33-36,41,43,47-49,51-54,56-57,59-61H,3-4,6,8-10,12,14-16,18,20-22,26,29,31-32,37-40,42,44-46H2,1-2H3,(H,55,58)/b7-5-,13-11-,19-17-,24-23-,27-25+,30-28-,35-33+,36-34-,43-41+. The fourth-order valence-corrected chi connectivity index (χ4v) is 6.89. The summed E-state index contributed by atoms with van der Waals surface area (Å²) < 4.78 is 11.2. The van der Waals surface area contributed by atoms with Gasteiger partial charge in [-0.3, -0.25) is 4.79 Å². The summed E-state index contributed by atoms with van der Waals surface area (Å²) in [5.74, 6) is -0.238. The second kappa shape index (κ2) is 42.8. The van der Waals surface area contributed by atoms with Gasteiger partial charge in [0.25, 0.3) is 0 Å². The van der Waals surface area contributed by atoms with Gasteiger partial charge in [0.2, 0.25) is 5.91 Å². The van der Waals surface area contributed by atoms with Crippen LogP contribution in [0.25, 0.3) is 0 Å². The number of aliphatic hydroxyl groups excluding tert-OH is 5. The maximum Gasteiger partial charge on any atom is 0.220 e. The molecule has 1 rings (SSSR count). The lowest BCUT2D eigenvalue weighted by molar-refractivity contribution is -0.302. The average Bonchev–Trinajstić information content (AvgIpc) is 3.28. The van der Waals surface area contributed by atoms with Crippen LogP contribution in [0, 0.1) is 0 Å². The third kappa shape index (κ3) is 33.1. The molecular formula is C54H89NO8. The van der Waals surface area contributed by atoms with Crippen molar-refractivity contribution in [3.05, 3.63) is 109 Å². The SMILES string of the molecule is CC/C=C\C/C=C\C/C=C\C/C=C\C/C=C\C/C=C\CCCCC(=O)NC(COC1OC(CO)C(O)C(O)C1O)C(O)/C=C/CC/C=C/CC/C=C/CCCCCCCCCCC. The van der Waals surface area contributed by atoms with Crippen LogP contribution in [0.4, 0.5) is 0 Å². The smallest absolute Gasteiger partial charge is 0.220 e. The number of allylic oxidation sites excluding steroid dienone is 17. The lowest BCUT2D eigenvalue weighted by Crippen LogP contribution is -2.60. The van der Waals surface area contributed by atoms with Crippen molar-refractivity contribution in [3.63, 3.8) is 0 Å². The lowest BCUT2D eigenvalue weighted by Gasteiger charge is -2.40. The number of carbonyl (C=O) groups is 1. The second-order valence-electron chi connectivity index (χ2n) is 16.5. The van der Waals surface area contributed by atoms with Gasteiger partial charge in [0, 0.05) is 6.42 Å². The van der Waals surface area contributed by atoms with Crippen molar-refractivity contribution < 1.29 is 39.8 Å². The highest BCUT2D eigenvalue weighted by Crippen LogP contribution is 2.22. The Kier molecular flexibility index (Phi) is 39.3. The number of amides is 1. The lowest BCUT2D eigenvalue weighted by atomic mass is 9.99. The number of aliphatic hydroxyl groups is 5. The molecule has 0 saturated carbocycles. The third-order valence-electron chi connectivity index (χ3n) is 10.8. The topological polar surface area (TPSA) is 149 Å². The van der Waals surface area contributed by atoms with Crippen LogP contribution in [0.15, 0.2) is 109 Å². The Bertz CT molecular complexity index is 1340. The molecule has 0 aromatic heterocycles. The zero-order chi connectivity index (χ0) is 45.9. The molecule has 0 aliphatic carbocycles. The van der Waals surface area contributed by atoms with E-state index in [0.717, 1.165) is 77.0 Å². The van der Waals surface area contributed by atoms with Gasteiger partial charge in [0.05, 0.1) is 25.4 Å². The predicted molar refractivity (Wildman–Crippen MR) is 262 cm³/mol. The summed E-state index contributed by atoms with van der Waals surface area (Å²) in [4.78, 5) is 13.0. The largest absolute Gasteiger partial charge is 0.394 e. The number of nitrogens with one attached hydrogen (secondary N) is 1. The fraction of sp³-hybridized carbons (Fsp3) is 0.648. The molecule has 1 amide bonds. The Morgan fingerprint density at radius 1 is 0.556 bits per heavy atom. The molecule has 0 aromatic rings. The van der Waals surface area contributed by atoms with Crippen molar-refractivity contribution in [2.24, 2.45) is 0 Å². The van der Waals surface area contributed by atoms with Crippen LogP contribution in [0.1, 0.15) is 168 Å². The average molecular weight is 880 g/mol. The number of hydrogen-bond donors (Lipinski definition) is 6. The summed E-state index contributed by atoms with van der Waals surface area (Å²) in [6.45, 7) is 3.59. The van der Waals surface area contributed by atoms with Crippen molar-refractivity contribution in [1.29, 1.82) is 0 Å². The quantitative estimate of drug-likeness (QED) is 0.0264. The van der Waals surface area contributed by atoms with Gasteiger partial charge in [0.1, 0.15) is 24.4 Å². The number of hydrogen-bond acceptors (Lipinski definition) is 8. The minimum Gasteiger partial charge on any atom is -0.394 e. The van der Waals surface area contributed by atoms with Crippen LogP contribution in [0.5, 0.6) is 0 Å². The van der Waals surface area contributed by atoms with Crippen molar-refractivity contribution in [3.8, 4) is 0 Å². The minimum atomic E-state index is -1.59. The van der Waals surface area contributed by atoms with Crippen LogP contribution < -0.4 is 5.32 Å². The molecule has 9 heteroatoms. The van der Waals surface area contributed by atoms with Gasteiger partial charge < -0.3 is 40.3 Å². The first kappa shape index (κ1) is 57.9. The Labute approximate surface area is 383 Å². The van der Waals surface area contributed by atoms with E-state index in [9.17, 15) is 30.3 Å². The fourth-order valence-electron chi connectivity index (χ4n) is 6.89. The van der Waals surface area contributed by atoms with Crippen molar-refractivity contribution in [2.45, 2.75) is 211 Å². The van der Waals surface area contributed by atoms with E-state index in [0.29, 0.717) is 12.8 Å². The third-order valence-corrected chi connectivity index (χ3v) is 10.8. The zero-order valence-electron chi connectivity index (χ0n) is 39.3. The Balaban J connectivity index is 2.42. The molecule has 7 atom stereocenters. The highest BCUT2D eigenvalue weighted by molar-refractivity contribution is 5.76. The van der Waals surface area contributed by atoms with Crippen molar-refractivity contribution in [2.75, 3.05) is 13.2 Å². The van der Waals surface area contributed by atoms with E-state index >= 15 is 0 Å². The highest BCUT2D eigenvalue weighted by Gasteiger charge is 2.44. The molecule has 0 bridgehead atoms. The first-order valence-electron chi connectivity index (χ1n) is 24.6. The van der Waals surface area contributed by atoms with Gasteiger partial charge in [-0.15, -0.1) is 0 Å². The van der Waals surface area contributed by atoms with Crippen LogP contribution >= 0.6 is 0 Å². The van der Waals surface area contributed by atoms with E-state index in [1.54, 1.807) is 6.08 Å². The summed E-state index contributed by atoms with van der Waals surface area (Å²) in [5.41, 5.74) is 0. The van der Waals surface area contributed by atoms with Gasteiger partial charge in [-0.2, -0.15) is 0 Å². The van der Waals surface area contributed by atoms with Crippen LogP contribution in [0.3, 0.4) is 0 Å². The first-order valence-corrected chi connectivity index (χ1v) is 24.6. The molecule has 9 nitrogen and oxygen atoms in total. The molecule has 0 spiro atoms. The van der Waals surface area contributed by atoms with Gasteiger partial charge in [-0.25, -0.2) is 0 Å². The summed E-state index contributed by atoms with van der Waals surface area (Å²) in [7, 11) is 0. The number of unbranched alkanes of at least 4 members (excludes halogenated alkanes) is 13. The molecule has 1 aliphatic rings. The maximum atomic E-state index is 13.0. The molecule has 6 N–H and O–H groups in total. The van der Waals surface area contributed by atoms with E-state index in [1.165, 1.54) is 57.8 Å². The summed E-state index contributed by atoms with van der Waals surface area (Å²) >= 11 is 0. The van der Waals surface area contributed by atoms with Gasteiger partial charge >= 0.3 is 0 Å². The van der Waals surface area contributed by atoms with Gasteiger partial charge in [-0.05, 0) is 96.3 Å². The first-order chi connectivity index (χ1) is 30.8. The van der Waals surface area contributed by atoms with E-state index in [1.807, 2.05) is 6.08 Å². The van der Waals surface area contributed by atoms with Crippen LogP contribution in [0.2, 0.25) is 0 Å². The van der Waals surface area contributed by atoms with Crippen LogP contribution in [-0.4, -0.2) is 87.5 Å². The Hall–Kier alpha value is -3.15. The summed E-state index contributed by atoms with van der Waals surface area (Å²) in [6, 6.07) is -0.859. The molecule has 1 fully saturated rings. The minimum absolute atomic E-state index is 0.231. The number of rotatable bonds is 39. The van der Waals surface area contributed by atoms with Gasteiger partial charge in [0.15, 0.2) is 6.29 Å². The normalized spacial score (nSPS) is 21.2. The maximum absolute atomic E-state index is 13.0. The Morgan fingerprint density at radius 3 is 1.52 bits per heavy atom. The molecule has 0 radical (unpaired) electrons. The monoisotopic (exact) mass is 880 g/mol. The molecule has 1 saturated heterocycles.